The van der Waals surface area contributed by atoms with E-state index in [4.69, 9.17) is 5.73 Å². The normalized spacial score (nSPS) is 11.9. The molecular weight excluding hydrogens is 515 g/mol. The van der Waals surface area contributed by atoms with Crippen molar-refractivity contribution in [3.05, 3.63) is 78.9 Å². The zero-order valence-corrected chi connectivity index (χ0v) is 22.9. The molecule has 0 saturated heterocycles. The summed E-state index contributed by atoms with van der Waals surface area (Å²) in [5.41, 5.74) is 6.47. The maximum absolute atomic E-state index is 13.3. The average molecular weight is 535 g/mol. The van der Waals surface area contributed by atoms with Crippen LogP contribution in [0.3, 0.4) is 0 Å². The molecule has 0 aliphatic heterocycles. The zero-order chi connectivity index (χ0) is 25.4. The fraction of sp³-hybridized carbons (Fsp3) is 0.0435. The molecule has 0 aromatic heterocycles. The number of sulfonamides is 1. The fourth-order valence-electron chi connectivity index (χ4n) is 3.44. The van der Waals surface area contributed by atoms with Crippen LogP contribution in [0.25, 0.3) is 10.8 Å². The number of para-hydroxylation sites is 1. The first-order valence-electron chi connectivity index (χ1n) is 10.1. The van der Waals surface area contributed by atoms with Gasteiger partial charge in [-0.25, -0.2) is 8.42 Å². The number of azo groups is 1. The van der Waals surface area contributed by atoms with E-state index in [1.54, 1.807) is 42.5 Å². The summed E-state index contributed by atoms with van der Waals surface area (Å²) in [5, 5.41) is 21.0. The van der Waals surface area contributed by atoms with Gasteiger partial charge in [-0.1, -0.05) is 42.1 Å². The van der Waals surface area contributed by atoms with E-state index in [2.05, 4.69) is 10.2 Å². The molecular formula is C23H19N4NaO6S2. The first-order valence-corrected chi connectivity index (χ1v) is 12.9. The molecule has 0 heterocycles. The van der Waals surface area contributed by atoms with Crippen molar-refractivity contribution in [1.82, 2.24) is 0 Å². The molecule has 0 fully saturated rings. The minimum absolute atomic E-state index is 0. The van der Waals surface area contributed by atoms with Crippen molar-refractivity contribution in [3.63, 3.8) is 0 Å². The van der Waals surface area contributed by atoms with Gasteiger partial charge in [0.2, 0.25) is 0 Å². The predicted molar refractivity (Wildman–Crippen MR) is 130 cm³/mol. The first-order chi connectivity index (χ1) is 16.5. The van der Waals surface area contributed by atoms with Crippen LogP contribution in [0.4, 0.5) is 22.7 Å². The molecule has 0 unspecified atom stereocenters. The van der Waals surface area contributed by atoms with Gasteiger partial charge in [0, 0.05) is 12.4 Å². The van der Waals surface area contributed by atoms with Crippen molar-refractivity contribution >= 4 is 53.7 Å². The van der Waals surface area contributed by atoms with Gasteiger partial charge < -0.3 is 10.8 Å². The van der Waals surface area contributed by atoms with Crippen LogP contribution in [0, 0.1) is 0 Å². The molecule has 3 N–H and O–H groups in total. The van der Waals surface area contributed by atoms with E-state index >= 15 is 0 Å². The SMILES string of the molecule is CN(c1ccccc1)S(=O)(=O)c1ccccc1N=Nc1c(N)ccc2cc(S(=O)(=O)O)cc([O-])c12.[Na+]. The summed E-state index contributed by atoms with van der Waals surface area (Å²) in [5.74, 6) is -0.749. The van der Waals surface area contributed by atoms with Crippen LogP contribution in [0.1, 0.15) is 0 Å². The molecule has 0 amide bonds. The summed E-state index contributed by atoms with van der Waals surface area (Å²) in [6, 6.07) is 19.1. The second-order valence-corrected chi connectivity index (χ2v) is 10.8. The van der Waals surface area contributed by atoms with E-state index in [1.165, 1.54) is 31.3 Å². The molecule has 4 rings (SSSR count). The summed E-state index contributed by atoms with van der Waals surface area (Å²) in [4.78, 5) is -0.687. The van der Waals surface area contributed by atoms with Crippen molar-refractivity contribution in [2.45, 2.75) is 9.79 Å². The number of hydrogen-bond acceptors (Lipinski definition) is 8. The summed E-state index contributed by atoms with van der Waals surface area (Å²) >= 11 is 0. The van der Waals surface area contributed by atoms with Gasteiger partial charge in [0.1, 0.15) is 16.3 Å². The number of fused-ring (bicyclic) bond motifs is 1. The Morgan fingerprint density at radius 2 is 1.53 bits per heavy atom. The third-order valence-electron chi connectivity index (χ3n) is 5.24. The number of benzene rings is 4. The van der Waals surface area contributed by atoms with Crippen molar-refractivity contribution in [1.29, 1.82) is 0 Å². The van der Waals surface area contributed by atoms with E-state index in [-0.39, 0.29) is 62.3 Å². The molecule has 4 aromatic rings. The monoisotopic (exact) mass is 534 g/mol. The Labute approximate surface area is 230 Å². The van der Waals surface area contributed by atoms with E-state index < -0.39 is 30.8 Å². The maximum Gasteiger partial charge on any atom is 1.00 e. The second-order valence-electron chi connectivity index (χ2n) is 7.47. The fourth-order valence-corrected chi connectivity index (χ4v) is 5.29. The van der Waals surface area contributed by atoms with Gasteiger partial charge in [-0.05, 0) is 47.9 Å². The number of nitrogens with two attached hydrogens (primary N) is 1. The minimum Gasteiger partial charge on any atom is -0.872 e. The number of anilines is 2. The Morgan fingerprint density at radius 1 is 0.889 bits per heavy atom. The third-order valence-corrected chi connectivity index (χ3v) is 7.90. The topological polar surface area (TPSA) is 166 Å². The van der Waals surface area contributed by atoms with Crippen LogP contribution < -0.4 is 44.7 Å². The van der Waals surface area contributed by atoms with Crippen LogP contribution in [-0.4, -0.2) is 28.4 Å². The number of rotatable bonds is 6. The number of nitrogen functional groups attached to an aromatic ring is 1. The van der Waals surface area contributed by atoms with Gasteiger partial charge in [-0.15, -0.1) is 10.2 Å². The Kier molecular flexibility index (Phi) is 8.08. The van der Waals surface area contributed by atoms with Crippen molar-refractivity contribution in [2.75, 3.05) is 17.1 Å². The quantitative estimate of drug-likeness (QED) is 0.161. The smallest absolute Gasteiger partial charge is 0.872 e. The Hall–Kier alpha value is -3.00. The molecule has 0 aliphatic rings. The maximum atomic E-state index is 13.3. The largest absolute Gasteiger partial charge is 1.00 e. The molecule has 0 aliphatic carbocycles. The van der Waals surface area contributed by atoms with Crippen LogP contribution in [-0.2, 0) is 20.1 Å². The molecule has 4 aromatic carbocycles. The van der Waals surface area contributed by atoms with Crippen molar-refractivity contribution in [2.24, 2.45) is 10.2 Å². The van der Waals surface area contributed by atoms with Crippen molar-refractivity contribution < 1.29 is 56.1 Å². The molecule has 0 radical (unpaired) electrons. The van der Waals surface area contributed by atoms with Crippen molar-refractivity contribution in [3.8, 4) is 5.75 Å². The standard InChI is InChI=1S/C23H20N4O6S2.Na/c1-27(16-7-3-2-4-8-16)34(29,30)21-10-6-5-9-19(21)25-26-23-18(24)12-11-15-13-17(35(31,32)33)14-20(28)22(15)23;/h2-14,28H,24H2,1H3,(H,31,32,33);/q;+1/p-1. The molecule has 0 saturated carbocycles. The molecule has 0 bridgehead atoms. The molecule has 0 spiro atoms. The summed E-state index contributed by atoms with van der Waals surface area (Å²) < 4.78 is 59.9. The van der Waals surface area contributed by atoms with Crippen LogP contribution >= 0.6 is 0 Å². The Bertz CT molecular complexity index is 1680. The van der Waals surface area contributed by atoms with E-state index in [1.807, 2.05) is 0 Å². The van der Waals surface area contributed by atoms with Crippen LogP contribution in [0.5, 0.6) is 5.75 Å². The average Bonchev–Trinajstić information content (AvgIpc) is 2.83. The molecule has 180 valence electrons. The molecule has 13 heteroatoms. The van der Waals surface area contributed by atoms with E-state index in [0.29, 0.717) is 5.69 Å². The van der Waals surface area contributed by atoms with E-state index in [9.17, 15) is 26.5 Å². The zero-order valence-electron chi connectivity index (χ0n) is 19.2. The second kappa shape index (κ2) is 10.5. The third kappa shape index (κ3) is 5.38. The van der Waals surface area contributed by atoms with Gasteiger partial charge in [0.05, 0.1) is 16.3 Å². The van der Waals surface area contributed by atoms with Crippen LogP contribution in [0.2, 0.25) is 0 Å². The van der Waals surface area contributed by atoms with Gasteiger partial charge in [0.15, 0.2) is 0 Å². The molecule has 10 nitrogen and oxygen atoms in total. The predicted octanol–water partition coefficient (Wildman–Crippen LogP) is 0.987. The number of nitrogens with zero attached hydrogens (tertiary/aromatic N) is 3. The molecule has 36 heavy (non-hydrogen) atoms. The summed E-state index contributed by atoms with van der Waals surface area (Å²) in [6.45, 7) is 0. The Balaban J connectivity index is 0.00000361. The van der Waals surface area contributed by atoms with Gasteiger partial charge in [0.25, 0.3) is 20.1 Å². The Morgan fingerprint density at radius 3 is 2.19 bits per heavy atom. The minimum atomic E-state index is -4.60. The first kappa shape index (κ1) is 27.6. The van der Waals surface area contributed by atoms with E-state index in [0.717, 1.165) is 16.4 Å². The van der Waals surface area contributed by atoms with Gasteiger partial charge in [-0.2, -0.15) is 8.42 Å². The summed E-state index contributed by atoms with van der Waals surface area (Å²) in [7, 11) is -7.21. The molecule has 0 atom stereocenters. The van der Waals surface area contributed by atoms with Gasteiger partial charge in [-0.3, -0.25) is 8.86 Å². The summed E-state index contributed by atoms with van der Waals surface area (Å²) in [6.07, 6.45) is 0. The van der Waals surface area contributed by atoms with Gasteiger partial charge >= 0.3 is 29.6 Å². The van der Waals surface area contributed by atoms with Crippen LogP contribution in [0.15, 0.2) is 98.9 Å². The number of hydrogen-bond donors (Lipinski definition) is 2.